The summed E-state index contributed by atoms with van der Waals surface area (Å²) in [5.74, 6) is 1.55. The van der Waals surface area contributed by atoms with Crippen LogP contribution in [-0.4, -0.2) is 77.7 Å². The van der Waals surface area contributed by atoms with Gasteiger partial charge in [-0.25, -0.2) is 0 Å². The minimum absolute atomic E-state index is 0. The standard InChI is InChI=1S/C14H29N3O3.HI/c1-4-15-14(16-6-8-19-10-9-18-3)17(2)11-13-5-7-20-12-13;/h13H,4-12H2,1-3H3,(H,15,16);1H. The Hall–Kier alpha value is -0.120. The molecule has 1 aliphatic heterocycles. The van der Waals surface area contributed by atoms with Crippen molar-refractivity contribution in [3.05, 3.63) is 0 Å². The Balaban J connectivity index is 0.00000400. The van der Waals surface area contributed by atoms with Gasteiger partial charge in [0.25, 0.3) is 0 Å². The lowest BCUT2D eigenvalue weighted by molar-refractivity contribution is 0.0747. The van der Waals surface area contributed by atoms with Gasteiger partial charge in [0.2, 0.25) is 0 Å². The molecule has 0 aromatic heterocycles. The Kier molecular flexibility index (Phi) is 13.5. The molecular weight excluding hydrogens is 385 g/mol. The van der Waals surface area contributed by atoms with Gasteiger partial charge in [-0.3, -0.25) is 4.99 Å². The highest BCUT2D eigenvalue weighted by Gasteiger charge is 2.18. The highest BCUT2D eigenvalue weighted by molar-refractivity contribution is 14.0. The van der Waals surface area contributed by atoms with Crippen LogP contribution >= 0.6 is 24.0 Å². The van der Waals surface area contributed by atoms with Crippen molar-refractivity contribution in [1.82, 2.24) is 10.2 Å². The first-order chi connectivity index (χ1) is 9.77. The second-order valence-electron chi connectivity index (χ2n) is 4.95. The molecule has 0 saturated carbocycles. The van der Waals surface area contributed by atoms with Crippen LogP contribution in [0, 0.1) is 5.92 Å². The zero-order chi connectivity index (χ0) is 14.6. The van der Waals surface area contributed by atoms with Crippen molar-refractivity contribution in [3.8, 4) is 0 Å². The largest absolute Gasteiger partial charge is 0.382 e. The summed E-state index contributed by atoms with van der Waals surface area (Å²) in [6.45, 7) is 8.23. The summed E-state index contributed by atoms with van der Waals surface area (Å²) >= 11 is 0. The van der Waals surface area contributed by atoms with Crippen molar-refractivity contribution in [2.24, 2.45) is 10.9 Å². The molecule has 1 aliphatic rings. The SMILES string of the molecule is CCNC(=NCCOCCOC)N(C)CC1CCOC1.I. The predicted octanol–water partition coefficient (Wildman–Crippen LogP) is 1.20. The van der Waals surface area contributed by atoms with Crippen LogP contribution in [0.5, 0.6) is 0 Å². The van der Waals surface area contributed by atoms with E-state index in [0.29, 0.717) is 32.3 Å². The summed E-state index contributed by atoms with van der Waals surface area (Å²) in [5.41, 5.74) is 0. The summed E-state index contributed by atoms with van der Waals surface area (Å²) in [4.78, 5) is 6.76. The van der Waals surface area contributed by atoms with Crippen LogP contribution in [0.25, 0.3) is 0 Å². The number of ether oxygens (including phenoxy) is 3. The molecular formula is C14H30IN3O3. The molecule has 0 amide bonds. The van der Waals surface area contributed by atoms with E-state index in [2.05, 4.69) is 29.2 Å². The van der Waals surface area contributed by atoms with Crippen LogP contribution < -0.4 is 5.32 Å². The molecule has 21 heavy (non-hydrogen) atoms. The Morgan fingerprint density at radius 3 is 2.81 bits per heavy atom. The summed E-state index contributed by atoms with van der Waals surface area (Å²) in [6.07, 6.45) is 1.14. The van der Waals surface area contributed by atoms with Gasteiger partial charge in [-0.15, -0.1) is 24.0 Å². The molecule has 1 N–H and O–H groups in total. The van der Waals surface area contributed by atoms with Crippen LogP contribution in [0.4, 0.5) is 0 Å². The lowest BCUT2D eigenvalue weighted by atomic mass is 10.1. The summed E-state index contributed by atoms with van der Waals surface area (Å²) in [5, 5.41) is 3.31. The molecule has 1 unspecified atom stereocenters. The smallest absolute Gasteiger partial charge is 0.193 e. The maximum atomic E-state index is 5.42. The quantitative estimate of drug-likeness (QED) is 0.266. The minimum atomic E-state index is 0. The van der Waals surface area contributed by atoms with Gasteiger partial charge in [-0.1, -0.05) is 0 Å². The third-order valence-corrected chi connectivity index (χ3v) is 3.18. The average Bonchev–Trinajstić information content (AvgIpc) is 2.94. The maximum Gasteiger partial charge on any atom is 0.193 e. The van der Waals surface area contributed by atoms with E-state index in [1.54, 1.807) is 7.11 Å². The molecule has 0 bridgehead atoms. The molecule has 1 heterocycles. The van der Waals surface area contributed by atoms with E-state index in [9.17, 15) is 0 Å². The highest BCUT2D eigenvalue weighted by Crippen LogP contribution is 2.13. The number of halogens is 1. The zero-order valence-corrected chi connectivity index (χ0v) is 15.8. The summed E-state index contributed by atoms with van der Waals surface area (Å²) < 4.78 is 15.8. The Morgan fingerprint density at radius 1 is 1.38 bits per heavy atom. The average molecular weight is 415 g/mol. The van der Waals surface area contributed by atoms with Gasteiger partial charge in [-0.2, -0.15) is 0 Å². The van der Waals surface area contributed by atoms with E-state index in [1.165, 1.54) is 0 Å². The van der Waals surface area contributed by atoms with Crippen molar-refractivity contribution < 1.29 is 14.2 Å². The van der Waals surface area contributed by atoms with E-state index in [-0.39, 0.29) is 24.0 Å². The molecule has 126 valence electrons. The fourth-order valence-electron chi connectivity index (χ4n) is 2.13. The van der Waals surface area contributed by atoms with Gasteiger partial charge < -0.3 is 24.4 Å². The number of hydrogen-bond donors (Lipinski definition) is 1. The second kappa shape index (κ2) is 13.5. The van der Waals surface area contributed by atoms with Crippen LogP contribution in [0.1, 0.15) is 13.3 Å². The number of rotatable bonds is 9. The van der Waals surface area contributed by atoms with Gasteiger partial charge >= 0.3 is 0 Å². The van der Waals surface area contributed by atoms with E-state index < -0.39 is 0 Å². The first kappa shape index (κ1) is 20.9. The number of guanidine groups is 1. The number of aliphatic imine (C=N–C) groups is 1. The summed E-state index contributed by atoms with van der Waals surface area (Å²) in [7, 11) is 3.75. The molecule has 7 heteroatoms. The molecule has 0 aliphatic carbocycles. The van der Waals surface area contributed by atoms with Crippen LogP contribution in [0.15, 0.2) is 4.99 Å². The van der Waals surface area contributed by atoms with Crippen molar-refractivity contribution in [3.63, 3.8) is 0 Å². The molecule has 0 aromatic rings. The Bertz CT molecular complexity index is 274. The van der Waals surface area contributed by atoms with Gasteiger partial charge in [0, 0.05) is 39.8 Å². The van der Waals surface area contributed by atoms with Crippen molar-refractivity contribution in [1.29, 1.82) is 0 Å². The number of nitrogens with zero attached hydrogens (tertiary/aromatic N) is 2. The number of nitrogens with one attached hydrogen (secondary N) is 1. The molecule has 0 radical (unpaired) electrons. The lowest BCUT2D eigenvalue weighted by Crippen LogP contribution is -2.41. The molecule has 1 rings (SSSR count). The fourth-order valence-corrected chi connectivity index (χ4v) is 2.13. The Morgan fingerprint density at radius 2 is 2.19 bits per heavy atom. The maximum absolute atomic E-state index is 5.42. The van der Waals surface area contributed by atoms with Gasteiger partial charge in [0.15, 0.2) is 5.96 Å². The molecule has 1 atom stereocenters. The minimum Gasteiger partial charge on any atom is -0.382 e. The molecule has 0 spiro atoms. The molecule has 1 saturated heterocycles. The van der Waals surface area contributed by atoms with Crippen LogP contribution in [-0.2, 0) is 14.2 Å². The van der Waals surface area contributed by atoms with Gasteiger partial charge in [0.1, 0.15) is 0 Å². The number of methoxy groups -OCH3 is 1. The number of hydrogen-bond acceptors (Lipinski definition) is 4. The third kappa shape index (κ3) is 9.49. The van der Waals surface area contributed by atoms with Crippen molar-refractivity contribution in [2.45, 2.75) is 13.3 Å². The van der Waals surface area contributed by atoms with Crippen LogP contribution in [0.3, 0.4) is 0 Å². The summed E-state index contributed by atoms with van der Waals surface area (Å²) in [6, 6.07) is 0. The topological polar surface area (TPSA) is 55.3 Å². The lowest BCUT2D eigenvalue weighted by Gasteiger charge is -2.24. The van der Waals surface area contributed by atoms with Gasteiger partial charge in [0.05, 0.1) is 33.0 Å². The van der Waals surface area contributed by atoms with E-state index in [1.807, 2.05) is 0 Å². The molecule has 0 aromatic carbocycles. The van der Waals surface area contributed by atoms with Crippen LogP contribution in [0.2, 0.25) is 0 Å². The first-order valence-electron chi connectivity index (χ1n) is 7.41. The fraction of sp³-hybridized carbons (Fsp3) is 0.929. The monoisotopic (exact) mass is 415 g/mol. The normalized spacial score (nSPS) is 18.4. The van der Waals surface area contributed by atoms with Crippen molar-refractivity contribution in [2.75, 3.05) is 66.8 Å². The zero-order valence-electron chi connectivity index (χ0n) is 13.5. The molecule has 1 fully saturated rings. The third-order valence-electron chi connectivity index (χ3n) is 3.18. The highest BCUT2D eigenvalue weighted by atomic mass is 127. The van der Waals surface area contributed by atoms with Crippen molar-refractivity contribution >= 4 is 29.9 Å². The first-order valence-corrected chi connectivity index (χ1v) is 7.41. The Labute approximate surface area is 145 Å². The van der Waals surface area contributed by atoms with E-state index in [4.69, 9.17) is 14.2 Å². The second-order valence-corrected chi connectivity index (χ2v) is 4.95. The van der Waals surface area contributed by atoms with E-state index in [0.717, 1.165) is 38.7 Å². The van der Waals surface area contributed by atoms with E-state index >= 15 is 0 Å². The van der Waals surface area contributed by atoms with Gasteiger partial charge in [-0.05, 0) is 13.3 Å². The predicted molar refractivity (Wildman–Crippen MR) is 95.6 cm³/mol. The molecule has 6 nitrogen and oxygen atoms in total.